The summed E-state index contributed by atoms with van der Waals surface area (Å²) < 4.78 is 13.1. The molecule has 1 aliphatic rings. The Morgan fingerprint density at radius 3 is 3.00 bits per heavy atom. The van der Waals surface area contributed by atoms with Gasteiger partial charge in [0.15, 0.2) is 0 Å². The number of hydrogen-bond donors (Lipinski definition) is 0. The number of benzene rings is 1. The highest BCUT2D eigenvalue weighted by Crippen LogP contribution is 2.35. The average molecular weight is 261 g/mol. The topological polar surface area (TPSA) is 23.4 Å². The van der Waals surface area contributed by atoms with Gasteiger partial charge in [0.1, 0.15) is 11.2 Å². The summed E-state index contributed by atoms with van der Waals surface area (Å²) in [6, 6.07) is 10.1. The van der Waals surface area contributed by atoms with Crippen LogP contribution in [0.15, 0.2) is 42.7 Å². The molecule has 1 aromatic carbocycles. The minimum absolute atomic E-state index is 0.181. The van der Waals surface area contributed by atoms with Gasteiger partial charge in [-0.15, -0.1) is 11.8 Å². The molecule has 3 nitrogen and oxygen atoms in total. The maximum Gasteiger partial charge on any atom is 0.142 e. The van der Waals surface area contributed by atoms with E-state index in [1.165, 1.54) is 5.56 Å². The number of nitrogens with zero attached hydrogens (tertiary/aromatic N) is 1. The fourth-order valence-electron chi connectivity index (χ4n) is 2.10. The normalized spacial score (nSPS) is 19.1. The van der Waals surface area contributed by atoms with Gasteiger partial charge in [0.25, 0.3) is 0 Å². The molecule has 94 valence electrons. The van der Waals surface area contributed by atoms with Crippen molar-refractivity contribution in [1.82, 2.24) is 4.57 Å². The molecule has 3 rings (SSSR count). The number of para-hydroxylation sites is 2. The van der Waals surface area contributed by atoms with Crippen LogP contribution in [0, 0.1) is 0 Å². The smallest absolute Gasteiger partial charge is 0.142 e. The summed E-state index contributed by atoms with van der Waals surface area (Å²) in [6.45, 7) is 0.842. The van der Waals surface area contributed by atoms with Gasteiger partial charge in [0.2, 0.25) is 0 Å². The van der Waals surface area contributed by atoms with E-state index < -0.39 is 0 Å². The molecule has 1 atom stereocenters. The van der Waals surface area contributed by atoms with Crippen molar-refractivity contribution < 1.29 is 9.47 Å². The molecule has 2 aromatic rings. The first kappa shape index (κ1) is 11.7. The predicted octanol–water partition coefficient (Wildman–Crippen LogP) is 3.25. The Morgan fingerprint density at radius 1 is 1.33 bits per heavy atom. The first-order chi connectivity index (χ1) is 8.88. The van der Waals surface area contributed by atoms with Crippen LogP contribution in [0.3, 0.4) is 0 Å². The van der Waals surface area contributed by atoms with Crippen LogP contribution in [0.4, 0.5) is 0 Å². The van der Waals surface area contributed by atoms with Crippen LogP contribution in [0.25, 0.3) is 5.69 Å². The molecule has 0 aliphatic carbocycles. The molecule has 1 unspecified atom stereocenters. The Balaban J connectivity index is 1.92. The van der Waals surface area contributed by atoms with Crippen LogP contribution in [-0.4, -0.2) is 24.0 Å². The number of thioether (sulfide) groups is 1. The molecule has 0 N–H and O–H groups in total. The number of aromatic nitrogens is 1. The fraction of sp³-hybridized carbons (Fsp3) is 0.286. The van der Waals surface area contributed by atoms with Crippen molar-refractivity contribution in [3.8, 4) is 11.4 Å². The third-order valence-electron chi connectivity index (χ3n) is 2.97. The number of methoxy groups -OCH3 is 1. The summed E-state index contributed by atoms with van der Waals surface area (Å²) in [4.78, 5) is 0. The largest absolute Gasteiger partial charge is 0.495 e. The summed E-state index contributed by atoms with van der Waals surface area (Å²) in [6.07, 6.45) is 4.16. The van der Waals surface area contributed by atoms with Crippen LogP contribution < -0.4 is 4.74 Å². The highest BCUT2D eigenvalue weighted by atomic mass is 32.2. The van der Waals surface area contributed by atoms with Crippen molar-refractivity contribution in [2.75, 3.05) is 19.5 Å². The average Bonchev–Trinajstić information content (AvgIpc) is 3.09. The minimum Gasteiger partial charge on any atom is -0.495 e. The highest BCUT2D eigenvalue weighted by Gasteiger charge is 2.19. The van der Waals surface area contributed by atoms with E-state index in [4.69, 9.17) is 9.47 Å². The molecule has 1 fully saturated rings. The molecule has 1 aliphatic heterocycles. The maximum atomic E-state index is 5.66. The first-order valence-corrected chi connectivity index (χ1v) is 6.98. The zero-order chi connectivity index (χ0) is 12.4. The second-order valence-electron chi connectivity index (χ2n) is 4.10. The van der Waals surface area contributed by atoms with Crippen LogP contribution >= 0.6 is 11.8 Å². The Bertz CT molecular complexity index is 532. The number of ether oxygens (including phenoxy) is 2. The lowest BCUT2D eigenvalue weighted by atomic mass is 10.3. The van der Waals surface area contributed by atoms with Gasteiger partial charge in [-0.05, 0) is 18.2 Å². The summed E-state index contributed by atoms with van der Waals surface area (Å²) in [7, 11) is 1.69. The third-order valence-corrected chi connectivity index (χ3v) is 4.09. The van der Waals surface area contributed by atoms with Crippen molar-refractivity contribution >= 4 is 11.8 Å². The lowest BCUT2D eigenvalue weighted by molar-refractivity contribution is 0.145. The molecular formula is C14H15NO2S. The van der Waals surface area contributed by atoms with Crippen molar-refractivity contribution in [1.29, 1.82) is 0 Å². The predicted molar refractivity (Wildman–Crippen MR) is 73.5 cm³/mol. The SMILES string of the molecule is COc1ccccc1-n1ccc(C2OCCS2)c1. The molecular weight excluding hydrogens is 246 g/mol. The summed E-state index contributed by atoms with van der Waals surface area (Å²) in [5, 5.41) is 0. The lowest BCUT2D eigenvalue weighted by Crippen LogP contribution is -1.95. The van der Waals surface area contributed by atoms with Gasteiger partial charge in [0, 0.05) is 23.7 Å². The van der Waals surface area contributed by atoms with Crippen LogP contribution in [0.2, 0.25) is 0 Å². The van der Waals surface area contributed by atoms with E-state index in [0.29, 0.717) is 0 Å². The van der Waals surface area contributed by atoms with Crippen molar-refractivity contribution in [2.45, 2.75) is 5.44 Å². The van der Waals surface area contributed by atoms with Gasteiger partial charge in [-0.3, -0.25) is 0 Å². The van der Waals surface area contributed by atoms with Crippen molar-refractivity contribution in [2.24, 2.45) is 0 Å². The second kappa shape index (κ2) is 5.08. The Labute approximate surface area is 111 Å². The molecule has 0 saturated carbocycles. The Kier molecular flexibility index (Phi) is 3.30. The van der Waals surface area contributed by atoms with E-state index in [1.54, 1.807) is 7.11 Å². The van der Waals surface area contributed by atoms with E-state index in [2.05, 4.69) is 23.0 Å². The highest BCUT2D eigenvalue weighted by molar-refractivity contribution is 7.99. The zero-order valence-electron chi connectivity index (χ0n) is 10.2. The zero-order valence-corrected chi connectivity index (χ0v) is 11.0. The Morgan fingerprint density at radius 2 is 2.22 bits per heavy atom. The molecule has 0 amide bonds. The van der Waals surface area contributed by atoms with E-state index in [1.807, 2.05) is 36.0 Å². The molecule has 4 heteroatoms. The Hall–Kier alpha value is -1.39. The summed E-state index contributed by atoms with van der Waals surface area (Å²) in [5.74, 6) is 1.95. The molecule has 1 saturated heterocycles. The van der Waals surface area contributed by atoms with E-state index in [0.717, 1.165) is 23.8 Å². The van der Waals surface area contributed by atoms with E-state index in [-0.39, 0.29) is 5.44 Å². The molecule has 18 heavy (non-hydrogen) atoms. The molecule has 0 bridgehead atoms. The molecule has 0 spiro atoms. The molecule has 2 heterocycles. The standard InChI is InChI=1S/C14H15NO2S/c1-16-13-5-3-2-4-12(13)15-7-6-11(10-15)14-17-8-9-18-14/h2-7,10,14H,8-9H2,1H3. The van der Waals surface area contributed by atoms with Crippen LogP contribution in [-0.2, 0) is 4.74 Å². The van der Waals surface area contributed by atoms with Gasteiger partial charge in [-0.25, -0.2) is 0 Å². The van der Waals surface area contributed by atoms with Gasteiger partial charge in [0.05, 0.1) is 19.4 Å². The van der Waals surface area contributed by atoms with Crippen molar-refractivity contribution in [3.05, 3.63) is 48.3 Å². The lowest BCUT2D eigenvalue weighted by Gasteiger charge is -2.09. The second-order valence-corrected chi connectivity index (χ2v) is 5.27. The monoisotopic (exact) mass is 261 g/mol. The molecule has 1 aromatic heterocycles. The van der Waals surface area contributed by atoms with Gasteiger partial charge >= 0.3 is 0 Å². The summed E-state index contributed by atoms with van der Waals surface area (Å²) >= 11 is 1.85. The van der Waals surface area contributed by atoms with Gasteiger partial charge in [-0.2, -0.15) is 0 Å². The van der Waals surface area contributed by atoms with Gasteiger partial charge in [-0.1, -0.05) is 12.1 Å². The first-order valence-electron chi connectivity index (χ1n) is 5.93. The van der Waals surface area contributed by atoms with Gasteiger partial charge < -0.3 is 14.0 Å². The fourth-order valence-corrected chi connectivity index (χ4v) is 3.03. The third kappa shape index (κ3) is 2.13. The van der Waals surface area contributed by atoms with E-state index >= 15 is 0 Å². The minimum atomic E-state index is 0.181. The van der Waals surface area contributed by atoms with Crippen LogP contribution in [0.1, 0.15) is 11.0 Å². The maximum absolute atomic E-state index is 5.66. The molecule has 0 radical (unpaired) electrons. The quantitative estimate of drug-likeness (QED) is 0.847. The number of rotatable bonds is 3. The number of hydrogen-bond acceptors (Lipinski definition) is 3. The van der Waals surface area contributed by atoms with Crippen LogP contribution in [0.5, 0.6) is 5.75 Å². The van der Waals surface area contributed by atoms with E-state index in [9.17, 15) is 0 Å². The van der Waals surface area contributed by atoms with Crippen molar-refractivity contribution in [3.63, 3.8) is 0 Å². The summed E-state index contributed by atoms with van der Waals surface area (Å²) in [5.41, 5.74) is 2.44.